The molecule has 5 rings (SSSR count). The summed E-state index contributed by atoms with van der Waals surface area (Å²) in [7, 11) is 1.88. The van der Waals surface area contributed by atoms with Crippen LogP contribution in [0.4, 0.5) is 5.69 Å². The Balaban J connectivity index is 1.38. The van der Waals surface area contributed by atoms with Gasteiger partial charge in [-0.3, -0.25) is 9.78 Å². The summed E-state index contributed by atoms with van der Waals surface area (Å²) in [6.45, 7) is 1.57. The average molecular weight is 473 g/mol. The highest BCUT2D eigenvalue weighted by atomic mass is 32.1. The van der Waals surface area contributed by atoms with E-state index < -0.39 is 0 Å². The molecule has 0 bridgehead atoms. The highest BCUT2D eigenvalue weighted by Crippen LogP contribution is 2.38. The molecule has 4 heterocycles. The van der Waals surface area contributed by atoms with Crippen LogP contribution in [0, 0.1) is 11.3 Å². The zero-order valence-electron chi connectivity index (χ0n) is 18.9. The Bertz CT molecular complexity index is 1390. The molecule has 10 heteroatoms. The van der Waals surface area contributed by atoms with Crippen molar-refractivity contribution < 1.29 is 4.79 Å². The van der Waals surface area contributed by atoms with Crippen LogP contribution in [0.15, 0.2) is 36.7 Å². The molecule has 1 fully saturated rings. The second kappa shape index (κ2) is 9.19. The number of amides is 1. The zero-order valence-corrected chi connectivity index (χ0v) is 19.8. The fraction of sp³-hybridized carbons (Fsp3) is 0.333. The van der Waals surface area contributed by atoms with E-state index in [1.54, 1.807) is 35.0 Å². The molecule has 0 saturated heterocycles. The number of fused-ring (bicyclic) bond motifs is 1. The van der Waals surface area contributed by atoms with E-state index in [1.165, 1.54) is 0 Å². The van der Waals surface area contributed by atoms with Crippen molar-refractivity contribution in [2.75, 3.05) is 12.4 Å². The number of carbonyl (C=O) groups is 1. The molecule has 1 aliphatic rings. The molecule has 1 aliphatic carbocycles. The number of anilines is 1. The van der Waals surface area contributed by atoms with Gasteiger partial charge < -0.3 is 10.6 Å². The number of rotatable bonds is 5. The van der Waals surface area contributed by atoms with E-state index >= 15 is 0 Å². The number of nitrogens with one attached hydrogen (secondary N) is 2. The van der Waals surface area contributed by atoms with Crippen LogP contribution < -0.4 is 10.6 Å². The van der Waals surface area contributed by atoms with Crippen molar-refractivity contribution in [2.24, 2.45) is 0 Å². The van der Waals surface area contributed by atoms with Gasteiger partial charge in [0, 0.05) is 37.8 Å². The molecule has 1 saturated carbocycles. The summed E-state index contributed by atoms with van der Waals surface area (Å²) in [6, 6.07) is 10.0. The monoisotopic (exact) mass is 472 g/mol. The lowest BCUT2D eigenvalue weighted by atomic mass is 9.86. The minimum atomic E-state index is 0.0352. The largest absolute Gasteiger partial charge is 0.387 e. The van der Waals surface area contributed by atoms with Gasteiger partial charge in [-0.25, -0.2) is 4.52 Å². The lowest BCUT2D eigenvalue weighted by molar-refractivity contribution is -0.119. The maximum absolute atomic E-state index is 11.3. The molecule has 2 N–H and O–H groups in total. The van der Waals surface area contributed by atoms with Crippen molar-refractivity contribution in [3.63, 3.8) is 0 Å². The summed E-state index contributed by atoms with van der Waals surface area (Å²) >= 11 is 1.61. The third kappa shape index (κ3) is 4.22. The number of nitrogens with zero attached hydrogens (tertiary/aromatic N) is 6. The Hall–Kier alpha value is -3.84. The first-order valence-corrected chi connectivity index (χ1v) is 12.0. The first kappa shape index (κ1) is 22.0. The Morgan fingerprint density at radius 1 is 1.18 bits per heavy atom. The first-order valence-electron chi connectivity index (χ1n) is 11.2. The van der Waals surface area contributed by atoms with Crippen molar-refractivity contribution >= 4 is 28.4 Å². The number of nitriles is 1. The van der Waals surface area contributed by atoms with Crippen LogP contribution in [0.2, 0.25) is 0 Å². The first-order chi connectivity index (χ1) is 16.6. The number of pyridine rings is 1. The lowest BCUT2D eigenvalue weighted by Crippen LogP contribution is -2.35. The van der Waals surface area contributed by atoms with E-state index in [4.69, 9.17) is 10.2 Å². The summed E-state index contributed by atoms with van der Waals surface area (Å²) < 4.78 is 1.78. The zero-order chi connectivity index (χ0) is 23.7. The van der Waals surface area contributed by atoms with E-state index in [2.05, 4.69) is 32.0 Å². The average Bonchev–Trinajstić information content (AvgIpc) is 3.51. The van der Waals surface area contributed by atoms with Gasteiger partial charge in [-0.05, 0) is 49.9 Å². The van der Waals surface area contributed by atoms with Gasteiger partial charge in [-0.2, -0.15) is 10.4 Å². The molecule has 9 nitrogen and oxygen atoms in total. The quantitative estimate of drug-likeness (QED) is 0.450. The topological polar surface area (TPSA) is 121 Å². The predicted molar refractivity (Wildman–Crippen MR) is 130 cm³/mol. The van der Waals surface area contributed by atoms with Gasteiger partial charge in [0.25, 0.3) is 0 Å². The summed E-state index contributed by atoms with van der Waals surface area (Å²) in [5.74, 6) is 0.408. The van der Waals surface area contributed by atoms with Crippen LogP contribution in [0.1, 0.15) is 49.1 Å². The van der Waals surface area contributed by atoms with E-state index in [-0.39, 0.29) is 11.9 Å². The van der Waals surface area contributed by atoms with E-state index in [0.29, 0.717) is 11.5 Å². The molecular weight excluding hydrogens is 448 g/mol. The van der Waals surface area contributed by atoms with Crippen LogP contribution >= 0.6 is 11.3 Å². The normalized spacial score (nSPS) is 17.9. The molecule has 34 heavy (non-hydrogen) atoms. The molecule has 0 spiro atoms. The molecule has 0 atom stereocenters. The van der Waals surface area contributed by atoms with Gasteiger partial charge in [0.15, 0.2) is 5.01 Å². The molecule has 0 radical (unpaired) electrons. The number of carbonyl (C=O) groups excluding carboxylic acids is 1. The summed E-state index contributed by atoms with van der Waals surface area (Å²) in [6.07, 6.45) is 7.30. The maximum atomic E-state index is 11.3. The third-order valence-corrected chi connectivity index (χ3v) is 7.34. The third-order valence-electron chi connectivity index (χ3n) is 6.22. The Labute approximate surface area is 200 Å². The van der Waals surface area contributed by atoms with E-state index in [0.717, 1.165) is 63.9 Å². The SMILES string of the molecule is CNc1cc(-c2ccc3cc(C#N)cnn23)ncc1-c1nnc(C2CCC(NC(C)=O)CC2)s1. The van der Waals surface area contributed by atoms with Gasteiger partial charge in [-0.15, -0.1) is 10.2 Å². The Morgan fingerprint density at radius 2 is 2.00 bits per heavy atom. The summed E-state index contributed by atoms with van der Waals surface area (Å²) in [5.41, 5.74) is 4.79. The fourth-order valence-corrected chi connectivity index (χ4v) is 5.54. The van der Waals surface area contributed by atoms with Gasteiger partial charge >= 0.3 is 0 Å². The number of hydrogen-bond donors (Lipinski definition) is 2. The molecule has 0 unspecified atom stereocenters. The van der Waals surface area contributed by atoms with Crippen LogP contribution in [0.5, 0.6) is 0 Å². The molecule has 0 aromatic carbocycles. The van der Waals surface area contributed by atoms with Crippen molar-refractivity contribution in [1.82, 2.24) is 30.1 Å². The minimum absolute atomic E-state index is 0.0352. The van der Waals surface area contributed by atoms with Crippen LogP contribution in [0.25, 0.3) is 27.5 Å². The number of hydrogen-bond acceptors (Lipinski definition) is 8. The minimum Gasteiger partial charge on any atom is -0.387 e. The van der Waals surface area contributed by atoms with Gasteiger partial charge in [0.1, 0.15) is 11.1 Å². The highest BCUT2D eigenvalue weighted by Gasteiger charge is 2.26. The second-order valence-electron chi connectivity index (χ2n) is 8.47. The number of aromatic nitrogens is 5. The van der Waals surface area contributed by atoms with E-state index in [9.17, 15) is 4.79 Å². The molecule has 4 aromatic rings. The second-order valence-corrected chi connectivity index (χ2v) is 9.48. The van der Waals surface area contributed by atoms with Crippen LogP contribution in [0.3, 0.4) is 0 Å². The fourth-order valence-electron chi connectivity index (χ4n) is 4.51. The standard InChI is InChI=1S/C24H24N8OS/c1-14(33)29-17-5-3-16(4-6-17)23-30-31-24(34-23)19-13-27-21(10-20(19)26-2)22-8-7-18-9-15(11-25)12-28-32(18)22/h7-10,12-13,16-17H,3-6H2,1-2H3,(H,26,27)(H,29,33). The van der Waals surface area contributed by atoms with Gasteiger partial charge in [0.05, 0.1) is 34.2 Å². The van der Waals surface area contributed by atoms with Crippen molar-refractivity contribution in [3.05, 3.63) is 47.2 Å². The Kier molecular flexibility index (Phi) is 5.94. The molecule has 1 amide bonds. The summed E-state index contributed by atoms with van der Waals surface area (Å²) in [5, 5.41) is 30.6. The molecule has 4 aromatic heterocycles. The van der Waals surface area contributed by atoms with Crippen molar-refractivity contribution in [3.8, 4) is 28.0 Å². The van der Waals surface area contributed by atoms with Crippen LogP contribution in [-0.4, -0.2) is 43.8 Å². The highest BCUT2D eigenvalue weighted by molar-refractivity contribution is 7.14. The maximum Gasteiger partial charge on any atom is 0.217 e. The summed E-state index contributed by atoms with van der Waals surface area (Å²) in [4.78, 5) is 16.0. The molecule has 0 aliphatic heterocycles. The molecular formula is C24H24N8OS. The molecule has 172 valence electrons. The van der Waals surface area contributed by atoms with Crippen LogP contribution in [-0.2, 0) is 4.79 Å². The van der Waals surface area contributed by atoms with Gasteiger partial charge in [0.2, 0.25) is 5.91 Å². The van der Waals surface area contributed by atoms with Crippen molar-refractivity contribution in [2.45, 2.75) is 44.6 Å². The lowest BCUT2D eigenvalue weighted by Gasteiger charge is -2.27. The van der Waals surface area contributed by atoms with Gasteiger partial charge in [-0.1, -0.05) is 11.3 Å². The predicted octanol–water partition coefficient (Wildman–Crippen LogP) is 3.99. The smallest absolute Gasteiger partial charge is 0.217 e. The van der Waals surface area contributed by atoms with E-state index in [1.807, 2.05) is 31.4 Å². The Morgan fingerprint density at radius 3 is 2.74 bits per heavy atom. The van der Waals surface area contributed by atoms with Crippen molar-refractivity contribution in [1.29, 1.82) is 5.26 Å².